The molecule has 0 radical (unpaired) electrons. The highest BCUT2D eigenvalue weighted by molar-refractivity contribution is 6.30. The van der Waals surface area contributed by atoms with Gasteiger partial charge < -0.3 is 19.5 Å². The number of benzene rings is 1. The molecule has 1 amide bonds. The Kier molecular flexibility index (Phi) is 6.94. The average Bonchev–Trinajstić information content (AvgIpc) is 2.58. The molecule has 1 fully saturated rings. The third kappa shape index (κ3) is 5.35. The summed E-state index contributed by atoms with van der Waals surface area (Å²) in [7, 11) is 0. The van der Waals surface area contributed by atoms with Crippen molar-refractivity contribution in [3.8, 4) is 0 Å². The van der Waals surface area contributed by atoms with E-state index in [0.29, 0.717) is 18.1 Å². The Hall–Kier alpha value is -1.30. The number of hydrogen-bond acceptors (Lipinski definition) is 4. The number of hydrogen-bond donors (Lipinski definition) is 1. The molecular weight excluding hydrogens is 354 g/mol. The molecule has 1 aliphatic rings. The zero-order chi connectivity index (χ0) is 19.4. The van der Waals surface area contributed by atoms with Gasteiger partial charge in [0.15, 0.2) is 0 Å². The van der Waals surface area contributed by atoms with E-state index in [1.165, 1.54) is 0 Å². The van der Waals surface area contributed by atoms with Gasteiger partial charge in [-0.1, -0.05) is 23.7 Å². The highest BCUT2D eigenvalue weighted by atomic mass is 35.5. The first-order valence-corrected chi connectivity index (χ1v) is 9.52. The van der Waals surface area contributed by atoms with Crippen molar-refractivity contribution in [3.05, 3.63) is 34.9 Å². The number of rotatable bonds is 5. The molecule has 1 heterocycles. The summed E-state index contributed by atoms with van der Waals surface area (Å²) >= 11 is 6.19. The summed E-state index contributed by atoms with van der Waals surface area (Å²) in [6.07, 6.45) is 1.51. The van der Waals surface area contributed by atoms with Gasteiger partial charge in [-0.15, -0.1) is 0 Å². The minimum atomic E-state index is -0.645. The summed E-state index contributed by atoms with van der Waals surface area (Å²) in [5.41, 5.74) is -0.211. The monoisotopic (exact) mass is 383 g/mol. The molecule has 2 rings (SSSR count). The van der Waals surface area contributed by atoms with Crippen LogP contribution in [0.4, 0.5) is 4.79 Å². The van der Waals surface area contributed by atoms with Gasteiger partial charge in [-0.25, -0.2) is 4.79 Å². The highest BCUT2D eigenvalue weighted by Gasteiger charge is 2.41. The summed E-state index contributed by atoms with van der Waals surface area (Å²) in [4.78, 5) is 14.2. The summed E-state index contributed by atoms with van der Waals surface area (Å²) in [6.45, 7) is 9.01. The van der Waals surface area contributed by atoms with Crippen LogP contribution in [0.3, 0.4) is 0 Å². The van der Waals surface area contributed by atoms with Crippen molar-refractivity contribution in [2.45, 2.75) is 51.7 Å². The van der Waals surface area contributed by atoms with E-state index < -0.39 is 11.2 Å². The molecule has 6 heteroatoms. The van der Waals surface area contributed by atoms with Gasteiger partial charge in [-0.2, -0.15) is 0 Å². The number of amides is 1. The molecule has 1 aromatic carbocycles. The van der Waals surface area contributed by atoms with Crippen LogP contribution in [0.2, 0.25) is 5.02 Å². The number of carbonyl (C=O) groups excluding carboxylic acids is 1. The number of aliphatic hydroxyl groups excluding tert-OH is 1. The van der Waals surface area contributed by atoms with E-state index in [-0.39, 0.29) is 25.2 Å². The first-order chi connectivity index (χ1) is 12.2. The molecule has 0 bridgehead atoms. The number of ether oxygens (including phenoxy) is 2. The molecule has 26 heavy (non-hydrogen) atoms. The first kappa shape index (κ1) is 21.0. The molecule has 1 aromatic rings. The molecule has 0 spiro atoms. The Morgan fingerprint density at radius 2 is 2.08 bits per heavy atom. The topological polar surface area (TPSA) is 59.0 Å². The van der Waals surface area contributed by atoms with Crippen molar-refractivity contribution in [2.24, 2.45) is 5.92 Å². The Morgan fingerprint density at radius 1 is 1.35 bits per heavy atom. The molecule has 1 N–H and O–H groups in total. The second-order valence-electron chi connectivity index (χ2n) is 7.95. The fourth-order valence-corrected chi connectivity index (χ4v) is 3.60. The van der Waals surface area contributed by atoms with Crippen LogP contribution in [0.25, 0.3) is 0 Å². The normalized spacial score (nSPS) is 20.5. The second kappa shape index (κ2) is 8.59. The Labute approximate surface area is 161 Å². The Bertz CT molecular complexity index is 616. The maximum Gasteiger partial charge on any atom is 0.410 e. The van der Waals surface area contributed by atoms with Crippen LogP contribution in [0.1, 0.15) is 46.1 Å². The SMILES string of the molecule is CC(C)(C)OC(=O)N1CCCC([C@@](C)(OCCO)c2cccc(Cl)c2)C1. The van der Waals surface area contributed by atoms with Gasteiger partial charge in [0.25, 0.3) is 0 Å². The third-order valence-corrected chi connectivity index (χ3v) is 4.98. The van der Waals surface area contributed by atoms with Crippen LogP contribution in [0, 0.1) is 5.92 Å². The number of nitrogens with zero attached hydrogens (tertiary/aromatic N) is 1. The van der Waals surface area contributed by atoms with E-state index in [1.54, 1.807) is 4.90 Å². The fraction of sp³-hybridized carbons (Fsp3) is 0.650. The molecular formula is C20H30ClNO4. The lowest BCUT2D eigenvalue weighted by Crippen LogP contribution is -2.49. The van der Waals surface area contributed by atoms with Gasteiger partial charge in [0, 0.05) is 24.0 Å². The van der Waals surface area contributed by atoms with Crippen molar-refractivity contribution >= 4 is 17.7 Å². The van der Waals surface area contributed by atoms with Crippen molar-refractivity contribution in [2.75, 3.05) is 26.3 Å². The summed E-state index contributed by atoms with van der Waals surface area (Å²) < 4.78 is 11.6. The van der Waals surface area contributed by atoms with E-state index in [9.17, 15) is 9.90 Å². The smallest absolute Gasteiger partial charge is 0.410 e. The van der Waals surface area contributed by atoms with Gasteiger partial charge >= 0.3 is 6.09 Å². The lowest BCUT2D eigenvalue weighted by Gasteiger charge is -2.43. The highest BCUT2D eigenvalue weighted by Crippen LogP contribution is 2.39. The maximum atomic E-state index is 12.5. The van der Waals surface area contributed by atoms with Crippen LogP contribution in [-0.4, -0.2) is 48.0 Å². The van der Waals surface area contributed by atoms with Crippen LogP contribution in [0.5, 0.6) is 0 Å². The molecule has 0 aromatic heterocycles. The lowest BCUT2D eigenvalue weighted by molar-refractivity contribution is -0.106. The molecule has 146 valence electrons. The minimum Gasteiger partial charge on any atom is -0.444 e. The number of aliphatic hydroxyl groups is 1. The van der Waals surface area contributed by atoms with Gasteiger partial charge in [-0.3, -0.25) is 0 Å². The zero-order valence-electron chi connectivity index (χ0n) is 16.1. The molecule has 5 nitrogen and oxygen atoms in total. The van der Waals surface area contributed by atoms with Gasteiger partial charge in [0.2, 0.25) is 0 Å². The van der Waals surface area contributed by atoms with Crippen LogP contribution >= 0.6 is 11.6 Å². The summed E-state index contributed by atoms with van der Waals surface area (Å²) in [5.74, 6) is 0.0776. The lowest BCUT2D eigenvalue weighted by atomic mass is 9.78. The molecule has 1 saturated heterocycles. The van der Waals surface area contributed by atoms with E-state index in [1.807, 2.05) is 52.0 Å². The van der Waals surface area contributed by atoms with E-state index in [0.717, 1.165) is 18.4 Å². The number of piperidine rings is 1. The van der Waals surface area contributed by atoms with Gasteiger partial charge in [0.1, 0.15) is 5.60 Å². The van der Waals surface area contributed by atoms with Crippen molar-refractivity contribution in [3.63, 3.8) is 0 Å². The molecule has 1 aliphatic heterocycles. The number of carbonyl (C=O) groups is 1. The maximum absolute atomic E-state index is 12.5. The molecule has 2 atom stereocenters. The Morgan fingerprint density at radius 3 is 2.69 bits per heavy atom. The van der Waals surface area contributed by atoms with Gasteiger partial charge in [0.05, 0.1) is 18.8 Å². The third-order valence-electron chi connectivity index (χ3n) is 4.74. The van der Waals surface area contributed by atoms with Crippen molar-refractivity contribution < 1.29 is 19.4 Å². The fourth-order valence-electron chi connectivity index (χ4n) is 3.41. The average molecular weight is 384 g/mol. The summed E-state index contributed by atoms with van der Waals surface area (Å²) in [5, 5.41) is 9.90. The zero-order valence-corrected chi connectivity index (χ0v) is 16.9. The quantitative estimate of drug-likeness (QED) is 0.827. The second-order valence-corrected chi connectivity index (χ2v) is 8.39. The predicted molar refractivity (Wildman–Crippen MR) is 102 cm³/mol. The van der Waals surface area contributed by atoms with Gasteiger partial charge in [-0.05, 0) is 58.2 Å². The minimum absolute atomic E-state index is 0.0569. The largest absolute Gasteiger partial charge is 0.444 e. The Balaban J connectivity index is 2.23. The molecule has 0 aliphatic carbocycles. The van der Waals surface area contributed by atoms with E-state index in [4.69, 9.17) is 21.1 Å². The van der Waals surface area contributed by atoms with Crippen LogP contribution in [-0.2, 0) is 15.1 Å². The van der Waals surface area contributed by atoms with Crippen LogP contribution in [0.15, 0.2) is 24.3 Å². The van der Waals surface area contributed by atoms with Crippen molar-refractivity contribution in [1.82, 2.24) is 4.90 Å². The number of halogens is 1. The standard InChI is InChI=1S/C20H30ClNO4/c1-19(2,3)26-18(24)22-10-6-8-16(14-22)20(4,25-12-11-23)15-7-5-9-17(21)13-15/h5,7,9,13,16,23H,6,8,10-12,14H2,1-4H3/t16?,20-/m0/s1. The van der Waals surface area contributed by atoms with Crippen LogP contribution < -0.4 is 0 Å². The van der Waals surface area contributed by atoms with E-state index in [2.05, 4.69) is 0 Å². The number of likely N-dealkylation sites (tertiary alicyclic amines) is 1. The summed E-state index contributed by atoms with van der Waals surface area (Å²) in [6, 6.07) is 7.60. The first-order valence-electron chi connectivity index (χ1n) is 9.14. The van der Waals surface area contributed by atoms with E-state index >= 15 is 0 Å². The molecule has 1 unspecified atom stereocenters. The molecule has 0 saturated carbocycles. The van der Waals surface area contributed by atoms with Crippen molar-refractivity contribution in [1.29, 1.82) is 0 Å². The predicted octanol–water partition coefficient (Wildman–Crippen LogP) is 4.21.